The van der Waals surface area contributed by atoms with Crippen molar-refractivity contribution in [1.29, 1.82) is 0 Å². The zero-order valence-corrected chi connectivity index (χ0v) is 7.22. The van der Waals surface area contributed by atoms with Crippen molar-refractivity contribution in [1.82, 2.24) is 0 Å². The minimum Gasteiger partial charge on any atom is -0.460 e. The Morgan fingerprint density at radius 2 is 2.18 bits per heavy atom. The largest absolute Gasteiger partial charge is 0.460 e. The second-order valence-corrected chi connectivity index (χ2v) is 3.75. The standard InChI is InChI=1S/C8H14O3/c1-8(2,3)11-7(9)4-6-5-10-6/h6H,4-5H2,1-3H3/t6-/m0/s1. The van der Waals surface area contributed by atoms with Crippen LogP contribution >= 0.6 is 0 Å². The molecule has 11 heavy (non-hydrogen) atoms. The Bertz CT molecular complexity index is 153. The molecule has 0 unspecified atom stereocenters. The van der Waals surface area contributed by atoms with E-state index in [9.17, 15) is 4.79 Å². The maximum absolute atomic E-state index is 11.0. The molecule has 0 saturated carbocycles. The highest BCUT2D eigenvalue weighted by Gasteiger charge is 2.28. The van der Waals surface area contributed by atoms with Crippen molar-refractivity contribution in [2.45, 2.75) is 38.9 Å². The average molecular weight is 158 g/mol. The number of carbonyl (C=O) groups is 1. The number of carbonyl (C=O) groups excluding carboxylic acids is 1. The lowest BCUT2D eigenvalue weighted by atomic mass is 10.2. The predicted molar refractivity (Wildman–Crippen MR) is 40.2 cm³/mol. The molecule has 0 amide bonds. The van der Waals surface area contributed by atoms with Gasteiger partial charge >= 0.3 is 5.97 Å². The zero-order valence-electron chi connectivity index (χ0n) is 7.22. The Hall–Kier alpha value is -0.570. The van der Waals surface area contributed by atoms with Gasteiger partial charge in [0, 0.05) is 0 Å². The highest BCUT2D eigenvalue weighted by molar-refractivity contribution is 5.70. The Balaban J connectivity index is 2.19. The van der Waals surface area contributed by atoms with Crippen molar-refractivity contribution in [2.24, 2.45) is 0 Å². The van der Waals surface area contributed by atoms with Gasteiger partial charge in [-0.1, -0.05) is 0 Å². The summed E-state index contributed by atoms with van der Waals surface area (Å²) in [5.41, 5.74) is -0.369. The van der Waals surface area contributed by atoms with Crippen LogP contribution in [-0.2, 0) is 14.3 Å². The van der Waals surface area contributed by atoms with E-state index in [4.69, 9.17) is 9.47 Å². The fourth-order valence-corrected chi connectivity index (χ4v) is 0.755. The maximum Gasteiger partial charge on any atom is 0.309 e. The van der Waals surface area contributed by atoms with Gasteiger partial charge in [0.25, 0.3) is 0 Å². The minimum absolute atomic E-state index is 0.129. The normalized spacial score (nSPS) is 23.0. The summed E-state index contributed by atoms with van der Waals surface area (Å²) in [5.74, 6) is -0.167. The fourth-order valence-electron chi connectivity index (χ4n) is 0.755. The average Bonchev–Trinajstić information content (AvgIpc) is 2.42. The molecule has 0 radical (unpaired) electrons. The van der Waals surface area contributed by atoms with Crippen LogP contribution in [0.15, 0.2) is 0 Å². The molecule has 0 aromatic rings. The quantitative estimate of drug-likeness (QED) is 0.446. The Morgan fingerprint density at radius 3 is 2.55 bits per heavy atom. The second-order valence-electron chi connectivity index (χ2n) is 3.75. The molecule has 0 bridgehead atoms. The van der Waals surface area contributed by atoms with Gasteiger partial charge in [0.05, 0.1) is 19.1 Å². The van der Waals surface area contributed by atoms with Gasteiger partial charge < -0.3 is 9.47 Å². The number of epoxide rings is 1. The SMILES string of the molecule is CC(C)(C)OC(=O)C[C@H]1CO1. The van der Waals surface area contributed by atoms with E-state index in [-0.39, 0.29) is 17.7 Å². The molecule has 0 aliphatic carbocycles. The van der Waals surface area contributed by atoms with Crippen LogP contribution in [-0.4, -0.2) is 24.3 Å². The summed E-state index contributed by atoms with van der Waals surface area (Å²) >= 11 is 0. The minimum atomic E-state index is -0.369. The van der Waals surface area contributed by atoms with Gasteiger partial charge in [0.15, 0.2) is 0 Å². The summed E-state index contributed by atoms with van der Waals surface area (Å²) in [4.78, 5) is 11.0. The van der Waals surface area contributed by atoms with Crippen molar-refractivity contribution in [2.75, 3.05) is 6.61 Å². The Morgan fingerprint density at radius 1 is 1.64 bits per heavy atom. The summed E-state index contributed by atoms with van der Waals surface area (Å²) in [6.07, 6.45) is 0.530. The lowest BCUT2D eigenvalue weighted by Crippen LogP contribution is -2.24. The van der Waals surface area contributed by atoms with Gasteiger partial charge in [0.2, 0.25) is 0 Å². The summed E-state index contributed by atoms with van der Waals surface area (Å²) in [6.45, 7) is 6.29. The van der Waals surface area contributed by atoms with Gasteiger partial charge in [-0.3, -0.25) is 4.79 Å². The molecule has 1 saturated heterocycles. The fraction of sp³-hybridized carbons (Fsp3) is 0.875. The molecule has 1 rings (SSSR count). The number of esters is 1. The zero-order chi connectivity index (χ0) is 8.48. The molecule has 0 aromatic heterocycles. The molecule has 1 aliphatic rings. The van der Waals surface area contributed by atoms with Crippen molar-refractivity contribution >= 4 is 5.97 Å². The van der Waals surface area contributed by atoms with E-state index >= 15 is 0 Å². The van der Waals surface area contributed by atoms with Crippen molar-refractivity contribution in [3.05, 3.63) is 0 Å². The molecule has 1 atom stereocenters. The first-order chi connectivity index (χ1) is 4.97. The smallest absolute Gasteiger partial charge is 0.309 e. The number of ether oxygens (including phenoxy) is 2. The number of rotatable bonds is 2. The van der Waals surface area contributed by atoms with Crippen molar-refractivity contribution in [3.63, 3.8) is 0 Å². The van der Waals surface area contributed by atoms with Crippen LogP contribution in [0.5, 0.6) is 0 Å². The molecule has 0 aromatic carbocycles. The van der Waals surface area contributed by atoms with E-state index in [0.717, 1.165) is 0 Å². The first kappa shape index (κ1) is 8.53. The number of hydrogen-bond donors (Lipinski definition) is 0. The predicted octanol–water partition coefficient (Wildman–Crippen LogP) is 1.12. The summed E-state index contributed by atoms with van der Waals surface area (Å²) in [7, 11) is 0. The molecule has 64 valence electrons. The molecule has 0 N–H and O–H groups in total. The summed E-state index contributed by atoms with van der Waals surface area (Å²) in [6, 6.07) is 0. The van der Waals surface area contributed by atoms with E-state index in [2.05, 4.69) is 0 Å². The van der Waals surface area contributed by atoms with Crippen LogP contribution in [0.4, 0.5) is 0 Å². The van der Waals surface area contributed by atoms with Crippen LogP contribution in [0.3, 0.4) is 0 Å². The third-order valence-electron chi connectivity index (χ3n) is 1.22. The molecule has 1 heterocycles. The molecular weight excluding hydrogens is 144 g/mol. The van der Waals surface area contributed by atoms with E-state index in [1.165, 1.54) is 0 Å². The third-order valence-corrected chi connectivity index (χ3v) is 1.22. The van der Waals surface area contributed by atoms with Gasteiger partial charge in [0.1, 0.15) is 5.60 Å². The lowest BCUT2D eigenvalue weighted by Gasteiger charge is -2.18. The number of hydrogen-bond acceptors (Lipinski definition) is 3. The van der Waals surface area contributed by atoms with Crippen molar-refractivity contribution < 1.29 is 14.3 Å². The Kier molecular flexibility index (Phi) is 2.18. The van der Waals surface area contributed by atoms with Gasteiger partial charge in [-0.05, 0) is 20.8 Å². The van der Waals surface area contributed by atoms with E-state index in [1.54, 1.807) is 0 Å². The van der Waals surface area contributed by atoms with Gasteiger partial charge in [-0.2, -0.15) is 0 Å². The Labute approximate surface area is 66.7 Å². The third kappa shape index (κ3) is 3.98. The second kappa shape index (κ2) is 2.81. The molecule has 1 aliphatic heterocycles. The maximum atomic E-state index is 11.0. The van der Waals surface area contributed by atoms with E-state index in [0.29, 0.717) is 13.0 Å². The molecule has 3 heteroatoms. The monoisotopic (exact) mass is 158 g/mol. The summed E-state index contributed by atoms with van der Waals surface area (Å²) < 4.78 is 9.96. The molecule has 3 nitrogen and oxygen atoms in total. The first-order valence-corrected chi connectivity index (χ1v) is 3.81. The van der Waals surface area contributed by atoms with E-state index in [1.807, 2.05) is 20.8 Å². The van der Waals surface area contributed by atoms with Crippen LogP contribution in [0, 0.1) is 0 Å². The van der Waals surface area contributed by atoms with E-state index < -0.39 is 0 Å². The van der Waals surface area contributed by atoms with Crippen LogP contribution in [0.2, 0.25) is 0 Å². The molecule has 0 spiro atoms. The highest BCUT2D eigenvalue weighted by atomic mass is 16.6. The lowest BCUT2D eigenvalue weighted by molar-refractivity contribution is -0.155. The highest BCUT2D eigenvalue weighted by Crippen LogP contribution is 2.16. The molecule has 1 fully saturated rings. The summed E-state index contributed by atoms with van der Waals surface area (Å²) in [5, 5.41) is 0. The van der Waals surface area contributed by atoms with Gasteiger partial charge in [-0.15, -0.1) is 0 Å². The van der Waals surface area contributed by atoms with Crippen LogP contribution in [0.1, 0.15) is 27.2 Å². The topological polar surface area (TPSA) is 38.8 Å². The first-order valence-electron chi connectivity index (χ1n) is 3.81. The molecular formula is C8H14O3. The van der Waals surface area contributed by atoms with Crippen molar-refractivity contribution in [3.8, 4) is 0 Å². The van der Waals surface area contributed by atoms with Gasteiger partial charge in [-0.25, -0.2) is 0 Å². The van der Waals surface area contributed by atoms with Crippen LogP contribution in [0.25, 0.3) is 0 Å². The van der Waals surface area contributed by atoms with Crippen LogP contribution < -0.4 is 0 Å².